The van der Waals surface area contributed by atoms with Gasteiger partial charge in [0.15, 0.2) is 5.69 Å². The minimum Gasteiger partial charge on any atom is -0.478 e. The first-order valence-corrected chi connectivity index (χ1v) is 14.1. The van der Waals surface area contributed by atoms with Crippen molar-refractivity contribution in [1.29, 1.82) is 0 Å². The molecule has 0 radical (unpaired) electrons. The lowest BCUT2D eigenvalue weighted by molar-refractivity contribution is -0.131. The average Bonchev–Trinajstić information content (AvgIpc) is 3.65. The standard InChI is InChI=1S/C30H37FN2O5/c31-22-11-9-20(10-14-27(34)35)21(16-22)17-23-25-12-13-26(38-25)28(23)30-33-24(18-37-30)29(36)32-15-5-4-8-19-6-2-1-3-7-19/h9-11,14,16,18-19,23,25-26,28H,1-8,12-13,15,17H2,(H,32,36)(H,34,35)/b14-10+/t23-,25+,26?,28?/m0/s1. The molecule has 1 saturated carbocycles. The molecular weight excluding hydrogens is 487 g/mol. The Morgan fingerprint density at radius 1 is 1.11 bits per heavy atom. The fraction of sp³-hybridized carbons (Fsp3) is 0.567. The predicted molar refractivity (Wildman–Crippen MR) is 140 cm³/mol. The number of carbonyl (C=O) groups is 2. The molecule has 2 aromatic rings. The molecule has 2 bridgehead atoms. The van der Waals surface area contributed by atoms with Crippen LogP contribution in [0.15, 0.2) is 35.0 Å². The Hall–Kier alpha value is -3.00. The number of carbonyl (C=O) groups excluding carboxylic acids is 1. The van der Waals surface area contributed by atoms with Crippen LogP contribution in [0.1, 0.15) is 97.6 Å². The predicted octanol–water partition coefficient (Wildman–Crippen LogP) is 5.90. The van der Waals surface area contributed by atoms with Gasteiger partial charge >= 0.3 is 5.97 Å². The Bertz CT molecular complexity index is 1160. The number of hydrogen-bond donors (Lipinski definition) is 2. The van der Waals surface area contributed by atoms with E-state index in [1.807, 2.05) is 0 Å². The monoisotopic (exact) mass is 524 g/mol. The summed E-state index contributed by atoms with van der Waals surface area (Å²) in [7, 11) is 0. The van der Waals surface area contributed by atoms with Crippen molar-refractivity contribution in [2.24, 2.45) is 11.8 Å². The summed E-state index contributed by atoms with van der Waals surface area (Å²) in [6, 6.07) is 4.37. The maximum atomic E-state index is 14.1. The van der Waals surface area contributed by atoms with Crippen molar-refractivity contribution in [1.82, 2.24) is 10.3 Å². The second-order valence-electron chi connectivity index (χ2n) is 11.0. The van der Waals surface area contributed by atoms with Crippen molar-refractivity contribution in [2.45, 2.75) is 88.8 Å². The van der Waals surface area contributed by atoms with Gasteiger partial charge in [0, 0.05) is 18.5 Å². The molecule has 3 heterocycles. The third-order valence-corrected chi connectivity index (χ3v) is 8.48. The van der Waals surface area contributed by atoms with Crippen LogP contribution in [0.3, 0.4) is 0 Å². The van der Waals surface area contributed by atoms with Crippen LogP contribution in [-0.4, -0.2) is 40.7 Å². The molecule has 4 atom stereocenters. The van der Waals surface area contributed by atoms with Crippen LogP contribution in [0.5, 0.6) is 0 Å². The molecule has 204 valence electrons. The smallest absolute Gasteiger partial charge is 0.328 e. The van der Waals surface area contributed by atoms with Gasteiger partial charge in [0.1, 0.15) is 12.1 Å². The number of rotatable bonds is 11. The maximum Gasteiger partial charge on any atom is 0.328 e. The van der Waals surface area contributed by atoms with Gasteiger partial charge in [-0.05, 0) is 60.9 Å². The number of hydrogen-bond acceptors (Lipinski definition) is 5. The summed E-state index contributed by atoms with van der Waals surface area (Å²) < 4.78 is 26.1. The van der Waals surface area contributed by atoms with E-state index in [4.69, 9.17) is 14.3 Å². The van der Waals surface area contributed by atoms with E-state index in [2.05, 4.69) is 10.3 Å². The summed E-state index contributed by atoms with van der Waals surface area (Å²) in [5.74, 6) is -0.496. The number of aromatic nitrogens is 1. The van der Waals surface area contributed by atoms with Crippen molar-refractivity contribution in [2.75, 3.05) is 6.54 Å². The van der Waals surface area contributed by atoms with E-state index in [1.165, 1.54) is 63.0 Å². The number of fused-ring (bicyclic) bond motifs is 2. The second-order valence-corrected chi connectivity index (χ2v) is 11.0. The average molecular weight is 525 g/mol. The van der Waals surface area contributed by atoms with Gasteiger partial charge in [-0.2, -0.15) is 0 Å². The molecule has 2 N–H and O–H groups in total. The fourth-order valence-corrected chi connectivity index (χ4v) is 6.58. The van der Waals surface area contributed by atoms with Crippen LogP contribution < -0.4 is 5.32 Å². The molecule has 7 nitrogen and oxygen atoms in total. The molecule has 8 heteroatoms. The number of carboxylic acid groups (broad SMARTS) is 1. The molecule has 1 aromatic heterocycles. The number of benzene rings is 1. The minimum atomic E-state index is -1.06. The lowest BCUT2D eigenvalue weighted by Crippen LogP contribution is -2.28. The van der Waals surface area contributed by atoms with Crippen molar-refractivity contribution in [3.63, 3.8) is 0 Å². The number of oxazole rings is 1. The van der Waals surface area contributed by atoms with E-state index < -0.39 is 5.97 Å². The molecule has 38 heavy (non-hydrogen) atoms. The number of carboxylic acids is 1. The number of unbranched alkanes of at least 4 members (excludes halogenated alkanes) is 1. The van der Waals surface area contributed by atoms with Gasteiger partial charge in [-0.3, -0.25) is 4.79 Å². The van der Waals surface area contributed by atoms with Gasteiger partial charge in [0.2, 0.25) is 5.89 Å². The Labute approximate surface area is 222 Å². The quantitative estimate of drug-likeness (QED) is 0.281. The molecule has 2 aliphatic heterocycles. The number of nitrogens with zero attached hydrogens (tertiary/aromatic N) is 1. The first kappa shape index (κ1) is 26.6. The van der Waals surface area contributed by atoms with Crippen molar-refractivity contribution in [3.05, 3.63) is 59.1 Å². The Kier molecular flexibility index (Phi) is 8.57. The van der Waals surface area contributed by atoms with Crippen molar-refractivity contribution in [3.8, 4) is 0 Å². The fourth-order valence-electron chi connectivity index (χ4n) is 6.58. The second kappa shape index (κ2) is 12.2. The largest absolute Gasteiger partial charge is 0.478 e. The van der Waals surface area contributed by atoms with E-state index in [0.29, 0.717) is 30.0 Å². The molecule has 2 saturated heterocycles. The highest BCUT2D eigenvalue weighted by Crippen LogP contribution is 2.50. The van der Waals surface area contributed by atoms with Crippen LogP contribution in [0.25, 0.3) is 6.08 Å². The van der Waals surface area contributed by atoms with Crippen molar-refractivity contribution < 1.29 is 28.2 Å². The lowest BCUT2D eigenvalue weighted by atomic mass is 9.75. The number of ether oxygens (including phenoxy) is 1. The summed E-state index contributed by atoms with van der Waals surface area (Å²) in [6.45, 7) is 0.625. The van der Waals surface area contributed by atoms with E-state index in [-0.39, 0.29) is 41.5 Å². The third-order valence-electron chi connectivity index (χ3n) is 8.48. The first-order valence-electron chi connectivity index (χ1n) is 14.1. The number of amides is 1. The van der Waals surface area contributed by atoms with Gasteiger partial charge in [0.25, 0.3) is 5.91 Å². The number of aliphatic carboxylic acids is 1. The van der Waals surface area contributed by atoms with Gasteiger partial charge in [-0.1, -0.05) is 51.0 Å². The molecule has 2 unspecified atom stereocenters. The molecule has 1 amide bonds. The first-order chi connectivity index (χ1) is 18.5. The van der Waals surface area contributed by atoms with E-state index in [0.717, 1.165) is 37.7 Å². The third kappa shape index (κ3) is 6.34. The van der Waals surface area contributed by atoms with E-state index in [1.54, 1.807) is 6.07 Å². The summed E-state index contributed by atoms with van der Waals surface area (Å²) in [4.78, 5) is 28.3. The summed E-state index contributed by atoms with van der Waals surface area (Å²) in [5.41, 5.74) is 1.64. The zero-order valence-corrected chi connectivity index (χ0v) is 21.7. The highest BCUT2D eigenvalue weighted by Gasteiger charge is 2.51. The van der Waals surface area contributed by atoms with Crippen LogP contribution in [-0.2, 0) is 16.0 Å². The summed E-state index contributed by atoms with van der Waals surface area (Å²) >= 11 is 0. The maximum absolute atomic E-state index is 14.1. The minimum absolute atomic E-state index is 0.0122. The van der Waals surface area contributed by atoms with Crippen LogP contribution in [0.2, 0.25) is 0 Å². The van der Waals surface area contributed by atoms with Gasteiger partial charge < -0.3 is 19.6 Å². The Balaban J connectivity index is 1.20. The molecule has 1 aliphatic carbocycles. The number of nitrogens with one attached hydrogen (secondary N) is 1. The highest BCUT2D eigenvalue weighted by atomic mass is 19.1. The van der Waals surface area contributed by atoms with Crippen molar-refractivity contribution >= 4 is 18.0 Å². The van der Waals surface area contributed by atoms with Gasteiger partial charge in [-0.15, -0.1) is 0 Å². The highest BCUT2D eigenvalue weighted by molar-refractivity contribution is 5.91. The summed E-state index contributed by atoms with van der Waals surface area (Å²) in [6.07, 6.45) is 16.3. The van der Waals surface area contributed by atoms with Gasteiger partial charge in [0.05, 0.1) is 18.1 Å². The lowest BCUT2D eigenvalue weighted by Gasteiger charge is -2.26. The Morgan fingerprint density at radius 2 is 1.92 bits per heavy atom. The van der Waals surface area contributed by atoms with Gasteiger partial charge in [-0.25, -0.2) is 14.2 Å². The zero-order chi connectivity index (χ0) is 26.5. The SMILES string of the molecule is O=C(O)/C=C/c1ccc(F)cc1C[C@@H]1C(c2nc(C(=O)NCCCCC3CCCCC3)co2)C2CC[C@H]1O2. The number of halogens is 1. The molecule has 3 fully saturated rings. The zero-order valence-electron chi connectivity index (χ0n) is 21.7. The molecular formula is C30H37FN2O5. The topological polar surface area (TPSA) is 102 Å². The van der Waals surface area contributed by atoms with Crippen LogP contribution >= 0.6 is 0 Å². The van der Waals surface area contributed by atoms with E-state index >= 15 is 0 Å². The molecule has 3 aliphatic rings. The molecule has 0 spiro atoms. The molecule has 5 rings (SSSR count). The summed E-state index contributed by atoms with van der Waals surface area (Å²) in [5, 5.41) is 12.0. The van der Waals surface area contributed by atoms with Crippen LogP contribution in [0.4, 0.5) is 4.39 Å². The van der Waals surface area contributed by atoms with Crippen LogP contribution in [0, 0.1) is 17.7 Å². The normalized spacial score (nSPS) is 25.3. The molecule has 1 aromatic carbocycles. The van der Waals surface area contributed by atoms with E-state index in [9.17, 15) is 14.0 Å². The Morgan fingerprint density at radius 3 is 2.74 bits per heavy atom.